The van der Waals surface area contributed by atoms with E-state index in [-0.39, 0.29) is 16.7 Å². The fraction of sp³-hybridized carbons (Fsp3) is 0.389. The minimum atomic E-state index is -3.65. The number of hydrogen-bond donors (Lipinski definition) is 1. The average molecular weight is 411 g/mol. The lowest BCUT2D eigenvalue weighted by Gasteiger charge is -2.23. The van der Waals surface area contributed by atoms with E-state index in [9.17, 15) is 13.2 Å². The Morgan fingerprint density at radius 1 is 1.26 bits per heavy atom. The van der Waals surface area contributed by atoms with Crippen LogP contribution in [0.1, 0.15) is 18.4 Å². The zero-order valence-electron chi connectivity index (χ0n) is 15.2. The number of hydrogen-bond acceptors (Lipinski definition) is 6. The van der Waals surface area contributed by atoms with Crippen LogP contribution in [0.15, 0.2) is 39.9 Å². The lowest BCUT2D eigenvalue weighted by Crippen LogP contribution is -2.45. The topological polar surface area (TPSA) is 84.9 Å². The fourth-order valence-corrected chi connectivity index (χ4v) is 5.98. The molecule has 9 heteroatoms. The van der Waals surface area contributed by atoms with Gasteiger partial charge in [0.2, 0.25) is 5.91 Å². The summed E-state index contributed by atoms with van der Waals surface area (Å²) in [5.74, 6) is 0.819. The molecule has 1 aliphatic heterocycles. The third-order valence-corrected chi connectivity index (χ3v) is 7.78. The van der Waals surface area contributed by atoms with Gasteiger partial charge < -0.3 is 14.8 Å². The summed E-state index contributed by atoms with van der Waals surface area (Å²) in [6.07, 6.45) is 1.16. The molecule has 2 heterocycles. The number of amides is 1. The first-order valence-electron chi connectivity index (χ1n) is 8.52. The van der Waals surface area contributed by atoms with Gasteiger partial charge in [-0.25, -0.2) is 8.42 Å². The van der Waals surface area contributed by atoms with Crippen molar-refractivity contribution in [3.63, 3.8) is 0 Å². The number of ether oxygens (including phenoxy) is 2. The second kappa shape index (κ2) is 8.28. The molecule has 1 aromatic carbocycles. The van der Waals surface area contributed by atoms with E-state index in [1.807, 2.05) is 12.1 Å². The van der Waals surface area contributed by atoms with E-state index in [0.717, 1.165) is 16.9 Å². The number of sulfonamides is 1. The molecule has 7 nitrogen and oxygen atoms in total. The Labute approximate surface area is 163 Å². The third-order valence-electron chi connectivity index (χ3n) is 4.50. The van der Waals surface area contributed by atoms with Gasteiger partial charge >= 0.3 is 0 Å². The highest BCUT2D eigenvalue weighted by Gasteiger charge is 2.39. The van der Waals surface area contributed by atoms with Crippen molar-refractivity contribution in [2.45, 2.75) is 29.6 Å². The molecule has 1 N–H and O–H groups in total. The molecule has 1 saturated heterocycles. The minimum absolute atomic E-state index is 0.225. The smallest absolute Gasteiger partial charge is 0.253 e. The molecule has 146 valence electrons. The quantitative estimate of drug-likeness (QED) is 0.757. The summed E-state index contributed by atoms with van der Waals surface area (Å²) >= 11 is 1.16. The summed E-state index contributed by atoms with van der Waals surface area (Å²) in [5.41, 5.74) is 0.760. The van der Waals surface area contributed by atoms with E-state index in [4.69, 9.17) is 9.47 Å². The van der Waals surface area contributed by atoms with E-state index in [1.54, 1.807) is 30.7 Å². The molecule has 0 saturated carbocycles. The van der Waals surface area contributed by atoms with Crippen LogP contribution in [0.4, 0.5) is 0 Å². The number of nitrogens with one attached hydrogen (secondary N) is 1. The highest BCUT2D eigenvalue weighted by molar-refractivity contribution is 7.91. The van der Waals surface area contributed by atoms with E-state index in [0.29, 0.717) is 30.9 Å². The monoisotopic (exact) mass is 410 g/mol. The van der Waals surface area contributed by atoms with Crippen LogP contribution in [-0.2, 0) is 21.4 Å². The maximum Gasteiger partial charge on any atom is 0.253 e. The second-order valence-corrected chi connectivity index (χ2v) is 9.14. The Kier molecular flexibility index (Phi) is 6.03. The molecule has 1 amide bonds. The lowest BCUT2D eigenvalue weighted by atomic mass is 10.1. The Hall–Kier alpha value is -2.10. The largest absolute Gasteiger partial charge is 0.493 e. The standard InChI is InChI=1S/C18H22N2O5S2/c1-24-15-8-3-6-13(17(15)25-2)12-19-18(21)14-7-4-10-20(14)27(22,23)16-9-5-11-26-16/h3,5-6,8-9,11,14H,4,7,10,12H2,1-2H3,(H,19,21)/t14-/m1/s1. The van der Waals surface area contributed by atoms with Crippen molar-refractivity contribution in [2.75, 3.05) is 20.8 Å². The first kappa shape index (κ1) is 19.7. The predicted molar refractivity (Wildman–Crippen MR) is 103 cm³/mol. The molecule has 1 aromatic heterocycles. The van der Waals surface area contributed by atoms with Crippen LogP contribution in [0.3, 0.4) is 0 Å². The molecular formula is C18H22N2O5S2. The molecule has 3 rings (SSSR count). The molecule has 0 spiro atoms. The van der Waals surface area contributed by atoms with Crippen molar-refractivity contribution in [3.8, 4) is 11.5 Å². The van der Waals surface area contributed by atoms with Gasteiger partial charge in [0, 0.05) is 18.7 Å². The molecule has 1 aliphatic rings. The van der Waals surface area contributed by atoms with Crippen LogP contribution >= 0.6 is 11.3 Å². The van der Waals surface area contributed by atoms with Crippen LogP contribution in [0, 0.1) is 0 Å². The number of para-hydroxylation sites is 1. The third kappa shape index (κ3) is 3.95. The SMILES string of the molecule is COc1cccc(CNC(=O)[C@H]2CCCN2S(=O)(=O)c2cccs2)c1OC. The summed E-state index contributed by atoms with van der Waals surface area (Å²) in [4.78, 5) is 12.7. The second-order valence-electron chi connectivity index (χ2n) is 6.08. The van der Waals surface area contributed by atoms with Crippen LogP contribution in [0.25, 0.3) is 0 Å². The van der Waals surface area contributed by atoms with Gasteiger partial charge in [0.15, 0.2) is 11.5 Å². The maximum absolute atomic E-state index is 12.8. The number of benzene rings is 1. The molecular weight excluding hydrogens is 388 g/mol. The molecule has 0 aliphatic carbocycles. The molecule has 27 heavy (non-hydrogen) atoms. The fourth-order valence-electron chi connectivity index (χ4n) is 3.21. The van der Waals surface area contributed by atoms with Crippen LogP contribution in [0.2, 0.25) is 0 Å². The Morgan fingerprint density at radius 2 is 2.07 bits per heavy atom. The molecule has 1 atom stereocenters. The zero-order chi connectivity index (χ0) is 19.4. The van der Waals surface area contributed by atoms with Gasteiger partial charge in [-0.2, -0.15) is 4.31 Å². The van der Waals surface area contributed by atoms with Gasteiger partial charge in [0.05, 0.1) is 14.2 Å². The normalized spacial score (nSPS) is 17.6. The number of methoxy groups -OCH3 is 2. The number of carbonyl (C=O) groups excluding carboxylic acids is 1. The first-order chi connectivity index (χ1) is 13.0. The maximum atomic E-state index is 12.8. The number of nitrogens with zero attached hydrogens (tertiary/aromatic N) is 1. The van der Waals surface area contributed by atoms with Crippen molar-refractivity contribution >= 4 is 27.3 Å². The summed E-state index contributed by atoms with van der Waals surface area (Å²) in [6.45, 7) is 0.573. The summed E-state index contributed by atoms with van der Waals surface area (Å²) in [6, 6.07) is 7.97. The van der Waals surface area contributed by atoms with Crippen LogP contribution < -0.4 is 14.8 Å². The molecule has 1 fully saturated rings. The average Bonchev–Trinajstić information content (AvgIpc) is 3.37. The van der Waals surface area contributed by atoms with Crippen molar-refractivity contribution < 1.29 is 22.7 Å². The first-order valence-corrected chi connectivity index (χ1v) is 10.8. The van der Waals surface area contributed by atoms with Crippen molar-refractivity contribution in [2.24, 2.45) is 0 Å². The Balaban J connectivity index is 1.73. The highest BCUT2D eigenvalue weighted by Crippen LogP contribution is 2.31. The van der Waals surface area contributed by atoms with Crippen molar-refractivity contribution in [3.05, 3.63) is 41.3 Å². The summed E-state index contributed by atoms with van der Waals surface area (Å²) < 4.78 is 37.8. The van der Waals surface area contributed by atoms with E-state index >= 15 is 0 Å². The zero-order valence-corrected chi connectivity index (χ0v) is 16.8. The Bertz CT molecular complexity index is 896. The van der Waals surface area contributed by atoms with Gasteiger partial charge in [-0.1, -0.05) is 18.2 Å². The highest BCUT2D eigenvalue weighted by atomic mass is 32.2. The van der Waals surface area contributed by atoms with Gasteiger partial charge in [-0.3, -0.25) is 4.79 Å². The summed E-state index contributed by atoms with van der Waals surface area (Å²) in [7, 11) is -0.565. The van der Waals surface area contributed by atoms with E-state index in [2.05, 4.69) is 5.32 Å². The van der Waals surface area contributed by atoms with Gasteiger partial charge in [0.1, 0.15) is 10.3 Å². The Morgan fingerprint density at radius 3 is 2.74 bits per heavy atom. The van der Waals surface area contributed by atoms with Crippen molar-refractivity contribution in [1.82, 2.24) is 9.62 Å². The van der Waals surface area contributed by atoms with Crippen LogP contribution in [0.5, 0.6) is 11.5 Å². The van der Waals surface area contributed by atoms with E-state index in [1.165, 1.54) is 11.4 Å². The predicted octanol–water partition coefficient (Wildman–Crippen LogP) is 2.23. The molecule has 0 radical (unpaired) electrons. The lowest BCUT2D eigenvalue weighted by molar-refractivity contribution is -0.124. The van der Waals surface area contributed by atoms with E-state index < -0.39 is 16.1 Å². The van der Waals surface area contributed by atoms with Crippen molar-refractivity contribution in [1.29, 1.82) is 0 Å². The van der Waals surface area contributed by atoms with Crippen LogP contribution in [-0.4, -0.2) is 45.4 Å². The van der Waals surface area contributed by atoms with Gasteiger partial charge in [0.25, 0.3) is 10.0 Å². The van der Waals surface area contributed by atoms with Gasteiger partial charge in [-0.15, -0.1) is 11.3 Å². The molecule has 2 aromatic rings. The molecule has 0 unspecified atom stereocenters. The number of rotatable bonds is 7. The minimum Gasteiger partial charge on any atom is -0.493 e. The number of carbonyl (C=O) groups is 1. The molecule has 0 bridgehead atoms. The summed E-state index contributed by atoms with van der Waals surface area (Å²) in [5, 5.41) is 4.55. The number of thiophene rings is 1. The van der Waals surface area contributed by atoms with Gasteiger partial charge in [-0.05, 0) is 30.4 Å².